The van der Waals surface area contributed by atoms with Crippen LogP contribution < -0.4 is 10.1 Å². The second-order valence-electron chi connectivity index (χ2n) is 7.79. The van der Waals surface area contributed by atoms with Crippen molar-refractivity contribution in [1.82, 2.24) is 9.62 Å². The van der Waals surface area contributed by atoms with Crippen molar-refractivity contribution in [3.63, 3.8) is 0 Å². The van der Waals surface area contributed by atoms with Crippen LogP contribution in [-0.4, -0.2) is 38.3 Å². The van der Waals surface area contributed by atoms with E-state index in [4.69, 9.17) is 16.3 Å². The third kappa shape index (κ3) is 6.45. The third-order valence-corrected chi connectivity index (χ3v) is 7.59. The van der Waals surface area contributed by atoms with E-state index in [9.17, 15) is 13.2 Å². The fraction of sp³-hybridized carbons (Fsp3) is 0.435. The van der Waals surface area contributed by atoms with Crippen molar-refractivity contribution in [2.75, 3.05) is 19.7 Å². The lowest BCUT2D eigenvalue weighted by molar-refractivity contribution is -0.126. The average Bonchev–Trinajstić information content (AvgIpc) is 2.74. The molecule has 0 aromatic heterocycles. The summed E-state index contributed by atoms with van der Waals surface area (Å²) < 4.78 is 32.4. The highest BCUT2D eigenvalue weighted by atomic mass is 35.5. The lowest BCUT2D eigenvalue weighted by Crippen LogP contribution is -2.43. The van der Waals surface area contributed by atoms with Crippen molar-refractivity contribution in [3.8, 4) is 5.75 Å². The largest absolute Gasteiger partial charge is 0.494 e. The minimum absolute atomic E-state index is 0.0340. The molecule has 1 atom stereocenters. The Balaban J connectivity index is 1.52. The Hall–Kier alpha value is -2.09. The first kappa shape index (κ1) is 23.6. The van der Waals surface area contributed by atoms with Gasteiger partial charge in [0.2, 0.25) is 15.9 Å². The van der Waals surface area contributed by atoms with E-state index in [0.717, 1.165) is 11.3 Å². The smallest absolute Gasteiger partial charge is 0.223 e. The molecular formula is C23H29ClN2O4S. The number of sulfonamides is 1. The lowest BCUT2D eigenvalue weighted by Gasteiger charge is -2.31. The molecular weight excluding hydrogens is 436 g/mol. The molecule has 3 rings (SSSR count). The average molecular weight is 465 g/mol. The van der Waals surface area contributed by atoms with Gasteiger partial charge in [-0.2, -0.15) is 0 Å². The number of nitrogens with zero attached hydrogens (tertiary/aromatic N) is 1. The van der Waals surface area contributed by atoms with Gasteiger partial charge in [-0.3, -0.25) is 4.79 Å². The van der Waals surface area contributed by atoms with Crippen molar-refractivity contribution in [2.24, 2.45) is 5.92 Å². The summed E-state index contributed by atoms with van der Waals surface area (Å²) in [6.45, 7) is 5.18. The first-order valence-corrected chi connectivity index (χ1v) is 12.5. The Labute approximate surface area is 189 Å². The van der Waals surface area contributed by atoms with Crippen LogP contribution in [0.2, 0.25) is 5.02 Å². The zero-order valence-electron chi connectivity index (χ0n) is 17.9. The Morgan fingerprint density at radius 3 is 2.48 bits per heavy atom. The van der Waals surface area contributed by atoms with Crippen LogP contribution in [0.3, 0.4) is 0 Å². The number of carbonyl (C=O) groups excluding carboxylic acids is 1. The second kappa shape index (κ2) is 10.5. The number of nitrogens with one attached hydrogen (secondary N) is 1. The lowest BCUT2D eigenvalue weighted by atomic mass is 9.96. The molecule has 8 heteroatoms. The van der Waals surface area contributed by atoms with E-state index >= 15 is 0 Å². The number of halogens is 1. The van der Waals surface area contributed by atoms with E-state index in [-0.39, 0.29) is 23.6 Å². The molecule has 0 unspecified atom stereocenters. The summed E-state index contributed by atoms with van der Waals surface area (Å²) >= 11 is 5.96. The van der Waals surface area contributed by atoms with Crippen LogP contribution in [0.5, 0.6) is 5.75 Å². The number of rotatable bonds is 8. The summed E-state index contributed by atoms with van der Waals surface area (Å²) in [6.07, 6.45) is 1.02. The Bertz CT molecular complexity index is 987. The maximum atomic E-state index is 12.8. The third-order valence-electron chi connectivity index (χ3n) is 5.51. The van der Waals surface area contributed by atoms with Crippen molar-refractivity contribution in [2.45, 2.75) is 38.5 Å². The van der Waals surface area contributed by atoms with E-state index in [1.165, 1.54) is 4.31 Å². The maximum absolute atomic E-state index is 12.8. The molecule has 1 aliphatic heterocycles. The zero-order chi connectivity index (χ0) is 22.4. The Morgan fingerprint density at radius 1 is 1.19 bits per heavy atom. The van der Waals surface area contributed by atoms with Crippen LogP contribution in [0.4, 0.5) is 0 Å². The molecule has 1 fully saturated rings. The quantitative estimate of drug-likeness (QED) is 0.636. The maximum Gasteiger partial charge on any atom is 0.223 e. The monoisotopic (exact) mass is 464 g/mol. The summed E-state index contributed by atoms with van der Waals surface area (Å²) in [6, 6.07) is 14.4. The predicted molar refractivity (Wildman–Crippen MR) is 123 cm³/mol. The number of benzene rings is 2. The number of ether oxygens (including phenoxy) is 1. The van der Waals surface area contributed by atoms with Crippen LogP contribution in [0, 0.1) is 5.92 Å². The number of hydrogen-bond acceptors (Lipinski definition) is 4. The van der Waals surface area contributed by atoms with E-state index in [1.807, 2.05) is 38.1 Å². The van der Waals surface area contributed by atoms with Crippen molar-refractivity contribution < 1.29 is 17.9 Å². The van der Waals surface area contributed by atoms with Crippen LogP contribution in [-0.2, 0) is 20.6 Å². The molecule has 0 spiro atoms. The topological polar surface area (TPSA) is 75.7 Å². The molecule has 1 amide bonds. The molecule has 2 aromatic carbocycles. The van der Waals surface area contributed by atoms with Gasteiger partial charge in [-0.1, -0.05) is 35.9 Å². The summed E-state index contributed by atoms with van der Waals surface area (Å²) in [5, 5.41) is 3.57. The van der Waals surface area contributed by atoms with Crippen molar-refractivity contribution >= 4 is 27.5 Å². The van der Waals surface area contributed by atoms with Crippen LogP contribution in [0.1, 0.15) is 43.9 Å². The van der Waals surface area contributed by atoms with Crippen molar-refractivity contribution in [3.05, 3.63) is 64.7 Å². The fourth-order valence-electron chi connectivity index (χ4n) is 3.76. The second-order valence-corrected chi connectivity index (χ2v) is 10.2. The van der Waals surface area contributed by atoms with Gasteiger partial charge >= 0.3 is 0 Å². The van der Waals surface area contributed by atoms with Gasteiger partial charge in [-0.25, -0.2) is 12.7 Å². The number of amides is 1. The standard InChI is InChI=1S/C23H29ClN2O4S/c1-3-30-22-9-7-19(8-10-22)17(2)25-23(27)20-11-13-26(14-12-20)31(28,29)16-18-5-4-6-21(24)15-18/h4-10,15,17,20H,3,11-14,16H2,1-2H3,(H,25,27)/t17-/m0/s1. The van der Waals surface area contributed by atoms with Gasteiger partial charge in [0.05, 0.1) is 18.4 Å². The Morgan fingerprint density at radius 2 is 1.87 bits per heavy atom. The van der Waals surface area contributed by atoms with Gasteiger partial charge < -0.3 is 10.1 Å². The molecule has 0 radical (unpaired) electrons. The molecule has 168 valence electrons. The first-order chi connectivity index (χ1) is 14.8. The van der Waals surface area contributed by atoms with Gasteiger partial charge in [0.15, 0.2) is 0 Å². The molecule has 6 nitrogen and oxygen atoms in total. The van der Waals surface area contributed by atoms with E-state index in [1.54, 1.807) is 24.3 Å². The Kier molecular flexibility index (Phi) is 7.97. The summed E-state index contributed by atoms with van der Waals surface area (Å²) in [5.41, 5.74) is 1.66. The predicted octanol–water partition coefficient (Wildman–Crippen LogP) is 4.16. The van der Waals surface area contributed by atoms with Gasteiger partial charge in [0.1, 0.15) is 5.75 Å². The highest BCUT2D eigenvalue weighted by Gasteiger charge is 2.31. The molecule has 1 heterocycles. The molecule has 0 saturated carbocycles. The van der Waals surface area contributed by atoms with Crippen molar-refractivity contribution in [1.29, 1.82) is 0 Å². The highest BCUT2D eigenvalue weighted by Crippen LogP contribution is 2.24. The zero-order valence-corrected chi connectivity index (χ0v) is 19.5. The summed E-state index contributed by atoms with van der Waals surface area (Å²) in [4.78, 5) is 12.7. The molecule has 1 N–H and O–H groups in total. The normalized spacial score (nSPS) is 16.6. The fourth-order valence-corrected chi connectivity index (χ4v) is 5.52. The minimum atomic E-state index is -3.45. The molecule has 0 aliphatic carbocycles. The highest BCUT2D eigenvalue weighted by molar-refractivity contribution is 7.88. The number of hydrogen-bond donors (Lipinski definition) is 1. The first-order valence-electron chi connectivity index (χ1n) is 10.5. The molecule has 2 aromatic rings. The molecule has 1 saturated heterocycles. The van der Waals surface area contributed by atoms with E-state index in [2.05, 4.69) is 5.32 Å². The number of piperidine rings is 1. The molecule has 0 bridgehead atoms. The summed E-state index contributed by atoms with van der Waals surface area (Å²) in [7, 11) is -3.45. The number of carbonyl (C=O) groups is 1. The van der Waals surface area contributed by atoms with Gasteiger partial charge in [0.25, 0.3) is 0 Å². The van der Waals surface area contributed by atoms with Gasteiger partial charge in [-0.05, 0) is 62.1 Å². The van der Waals surface area contributed by atoms with Crippen LogP contribution in [0.15, 0.2) is 48.5 Å². The van der Waals surface area contributed by atoms with Crippen LogP contribution >= 0.6 is 11.6 Å². The molecule has 31 heavy (non-hydrogen) atoms. The van der Waals surface area contributed by atoms with E-state index < -0.39 is 10.0 Å². The molecule has 1 aliphatic rings. The summed E-state index contributed by atoms with van der Waals surface area (Å²) in [5.74, 6) is 0.492. The SMILES string of the molecule is CCOc1ccc([C@H](C)NC(=O)C2CCN(S(=O)(=O)Cc3cccc(Cl)c3)CC2)cc1. The van der Waals surface area contributed by atoms with Gasteiger partial charge in [-0.15, -0.1) is 0 Å². The minimum Gasteiger partial charge on any atom is -0.494 e. The van der Waals surface area contributed by atoms with E-state index in [0.29, 0.717) is 43.1 Å². The van der Waals surface area contributed by atoms with Gasteiger partial charge in [0, 0.05) is 24.0 Å². The van der Waals surface area contributed by atoms with Crippen LogP contribution in [0.25, 0.3) is 0 Å².